The highest BCUT2D eigenvalue weighted by molar-refractivity contribution is 8.12. The van der Waals surface area contributed by atoms with Crippen LogP contribution in [0.5, 0.6) is 5.75 Å². The molecule has 0 radical (unpaired) electrons. The Hall–Kier alpha value is -3.53. The van der Waals surface area contributed by atoms with E-state index < -0.39 is 6.04 Å². The van der Waals surface area contributed by atoms with Crippen molar-refractivity contribution < 1.29 is 14.5 Å². The van der Waals surface area contributed by atoms with Crippen molar-refractivity contribution in [2.45, 2.75) is 26.3 Å². The third-order valence-corrected chi connectivity index (χ3v) is 7.90. The standard InChI is InChI=1S/C30H31Cl2N5O3S/c1-4-40-22-12-10-21(11-13-22)37-28(35-26-8-6-5-7-23(26)29(37)39)19(2)36(16-15-34-30(33)41-3)27(38)18-20-9-14-24(31)25(32)17-20/h5-14,17,19H,4,15-16,18H2,1-3H3,(H2,33,34)/p+1. The Morgan fingerprint density at radius 2 is 1.85 bits per heavy atom. The largest absolute Gasteiger partial charge is 0.494 e. The van der Waals surface area contributed by atoms with Gasteiger partial charge in [0.2, 0.25) is 5.91 Å². The highest BCUT2D eigenvalue weighted by Gasteiger charge is 2.27. The number of carbonyl (C=O) groups is 1. The lowest BCUT2D eigenvalue weighted by Gasteiger charge is -2.30. The zero-order valence-corrected chi connectivity index (χ0v) is 25.4. The minimum absolute atomic E-state index is 0.0871. The van der Waals surface area contributed by atoms with Crippen molar-refractivity contribution in [1.29, 1.82) is 0 Å². The van der Waals surface area contributed by atoms with Crippen LogP contribution in [0.3, 0.4) is 0 Å². The summed E-state index contributed by atoms with van der Waals surface area (Å²) in [6.07, 6.45) is 1.95. The molecule has 3 N–H and O–H groups in total. The van der Waals surface area contributed by atoms with Crippen LogP contribution < -0.4 is 21.0 Å². The van der Waals surface area contributed by atoms with Gasteiger partial charge in [-0.1, -0.05) is 41.4 Å². The van der Waals surface area contributed by atoms with Gasteiger partial charge in [0, 0.05) is 0 Å². The summed E-state index contributed by atoms with van der Waals surface area (Å²) in [5.74, 6) is 0.961. The summed E-state index contributed by atoms with van der Waals surface area (Å²) in [7, 11) is 0. The summed E-state index contributed by atoms with van der Waals surface area (Å²) < 4.78 is 7.16. The first-order valence-electron chi connectivity index (χ1n) is 13.1. The van der Waals surface area contributed by atoms with Crippen LogP contribution in [-0.2, 0) is 11.2 Å². The van der Waals surface area contributed by atoms with Crippen LogP contribution in [0.4, 0.5) is 0 Å². The molecule has 3 aromatic carbocycles. The summed E-state index contributed by atoms with van der Waals surface area (Å²) in [6, 6.07) is 19.0. The Morgan fingerprint density at radius 1 is 1.12 bits per heavy atom. The number of benzene rings is 3. The third-order valence-electron chi connectivity index (χ3n) is 6.58. The monoisotopic (exact) mass is 612 g/mol. The second-order valence-electron chi connectivity index (χ2n) is 9.24. The van der Waals surface area contributed by atoms with Gasteiger partial charge < -0.3 is 9.64 Å². The smallest absolute Gasteiger partial charge is 0.301 e. The van der Waals surface area contributed by atoms with Crippen LogP contribution in [0.25, 0.3) is 16.6 Å². The first-order valence-corrected chi connectivity index (χ1v) is 15.1. The molecule has 8 nitrogen and oxygen atoms in total. The minimum atomic E-state index is -0.577. The Kier molecular flexibility index (Phi) is 10.3. The van der Waals surface area contributed by atoms with Crippen LogP contribution in [0.2, 0.25) is 10.0 Å². The molecular weight excluding hydrogens is 581 g/mol. The average Bonchev–Trinajstić information content (AvgIpc) is 2.97. The van der Waals surface area contributed by atoms with Gasteiger partial charge in [0.15, 0.2) is 0 Å². The Morgan fingerprint density at radius 3 is 2.54 bits per heavy atom. The van der Waals surface area contributed by atoms with Crippen molar-refractivity contribution in [1.82, 2.24) is 14.5 Å². The number of hydrogen-bond acceptors (Lipinski definition) is 5. The van der Waals surface area contributed by atoms with E-state index >= 15 is 0 Å². The highest BCUT2D eigenvalue weighted by Crippen LogP contribution is 2.26. The third kappa shape index (κ3) is 7.22. The molecule has 1 atom stereocenters. The molecule has 0 fully saturated rings. The molecule has 1 aromatic heterocycles. The zero-order chi connectivity index (χ0) is 29.5. The number of halogens is 2. The zero-order valence-electron chi connectivity index (χ0n) is 23.1. The quantitative estimate of drug-likeness (QED) is 0.207. The van der Waals surface area contributed by atoms with Crippen molar-refractivity contribution in [2.24, 2.45) is 5.73 Å². The molecule has 41 heavy (non-hydrogen) atoms. The van der Waals surface area contributed by atoms with E-state index in [0.717, 1.165) is 5.56 Å². The van der Waals surface area contributed by atoms with E-state index in [9.17, 15) is 9.59 Å². The molecule has 1 heterocycles. The number of amidine groups is 1. The molecule has 0 saturated heterocycles. The summed E-state index contributed by atoms with van der Waals surface area (Å²) in [6.45, 7) is 5.03. The topological polar surface area (TPSA) is 104 Å². The van der Waals surface area contributed by atoms with Crippen LogP contribution in [-0.4, -0.2) is 51.5 Å². The van der Waals surface area contributed by atoms with Gasteiger partial charge in [-0.15, -0.1) is 0 Å². The second-order valence-corrected chi connectivity index (χ2v) is 10.9. The van der Waals surface area contributed by atoms with Gasteiger partial charge in [0.1, 0.15) is 18.1 Å². The first kappa shape index (κ1) is 30.4. The molecule has 0 bridgehead atoms. The first-order chi connectivity index (χ1) is 19.7. The Labute approximate surface area is 253 Å². The number of nitrogens with one attached hydrogen (secondary N) is 1. The van der Waals surface area contributed by atoms with E-state index in [2.05, 4.69) is 4.99 Å². The fourth-order valence-electron chi connectivity index (χ4n) is 4.51. The maximum atomic E-state index is 13.9. The number of hydrogen-bond donors (Lipinski definition) is 2. The van der Waals surface area contributed by atoms with Crippen molar-refractivity contribution in [3.8, 4) is 11.4 Å². The van der Waals surface area contributed by atoms with E-state index in [4.69, 9.17) is 38.7 Å². The maximum absolute atomic E-state index is 13.9. The number of amides is 1. The van der Waals surface area contributed by atoms with Crippen molar-refractivity contribution >= 4 is 56.9 Å². The molecule has 1 amide bonds. The molecule has 0 aliphatic carbocycles. The Balaban J connectivity index is 1.81. The van der Waals surface area contributed by atoms with E-state index in [0.29, 0.717) is 63.1 Å². The lowest BCUT2D eigenvalue weighted by molar-refractivity contribution is -0.455. The summed E-state index contributed by atoms with van der Waals surface area (Å²) in [4.78, 5) is 37.5. The molecule has 0 spiro atoms. The predicted octanol–water partition coefficient (Wildman–Crippen LogP) is 3.98. The van der Waals surface area contributed by atoms with Gasteiger partial charge in [-0.2, -0.15) is 0 Å². The molecule has 0 aliphatic rings. The van der Waals surface area contributed by atoms with E-state index in [1.165, 1.54) is 11.8 Å². The predicted molar refractivity (Wildman–Crippen MR) is 167 cm³/mol. The van der Waals surface area contributed by atoms with Crippen molar-refractivity contribution in [3.05, 3.63) is 98.5 Å². The molecule has 4 rings (SSSR count). The van der Waals surface area contributed by atoms with Crippen molar-refractivity contribution in [2.75, 3.05) is 26.0 Å². The summed E-state index contributed by atoms with van der Waals surface area (Å²) >= 11 is 13.7. The van der Waals surface area contributed by atoms with Gasteiger partial charge in [-0.25, -0.2) is 4.98 Å². The number of ether oxygens (including phenoxy) is 1. The molecule has 0 aliphatic heterocycles. The van der Waals surface area contributed by atoms with Gasteiger partial charge in [0.25, 0.3) is 5.56 Å². The number of nitrogens with two attached hydrogens (primary N) is 1. The number of nitrogens with zero attached hydrogens (tertiary/aromatic N) is 3. The fourth-order valence-corrected chi connectivity index (χ4v) is 5.08. The molecular formula is C30H32Cl2N5O3S+. The van der Waals surface area contributed by atoms with Crippen LogP contribution in [0.1, 0.15) is 31.3 Å². The number of rotatable bonds is 10. The lowest BCUT2D eigenvalue weighted by atomic mass is 10.1. The molecule has 214 valence electrons. The highest BCUT2D eigenvalue weighted by atomic mass is 35.5. The number of fused-ring (bicyclic) bond motifs is 1. The fraction of sp³-hybridized carbons (Fsp3) is 0.267. The number of carbonyl (C=O) groups excluding carboxylic acids is 1. The van der Waals surface area contributed by atoms with Crippen molar-refractivity contribution in [3.63, 3.8) is 0 Å². The van der Waals surface area contributed by atoms with E-state index in [-0.39, 0.29) is 17.9 Å². The number of aromatic nitrogens is 2. The van der Waals surface area contributed by atoms with E-state index in [1.54, 1.807) is 39.8 Å². The second kappa shape index (κ2) is 13.9. The van der Waals surface area contributed by atoms with E-state index in [1.807, 2.05) is 56.5 Å². The number of para-hydroxylation sites is 1. The van der Waals surface area contributed by atoms with Gasteiger partial charge in [-0.05, 0) is 86.0 Å². The maximum Gasteiger partial charge on any atom is 0.301 e. The van der Waals surface area contributed by atoms with Crippen LogP contribution in [0.15, 0.2) is 71.5 Å². The summed E-state index contributed by atoms with van der Waals surface area (Å²) in [5.41, 5.74) is 7.63. The van der Waals surface area contributed by atoms with Gasteiger partial charge in [-0.3, -0.25) is 24.9 Å². The SMILES string of the molecule is CCOc1ccc(-n2c(C(C)N(CC[NH+]=C(N)SC)C(=O)Cc3ccc(Cl)c(Cl)c3)nc3ccccc3c2=O)cc1. The number of thioether (sulfide) groups is 1. The van der Waals surface area contributed by atoms with Gasteiger partial charge >= 0.3 is 5.17 Å². The van der Waals surface area contributed by atoms with Crippen LogP contribution in [0, 0.1) is 0 Å². The molecule has 0 saturated carbocycles. The normalized spacial score (nSPS) is 12.4. The summed E-state index contributed by atoms with van der Waals surface area (Å²) in [5, 5.41) is 1.82. The van der Waals surface area contributed by atoms with Gasteiger partial charge in [0.05, 0.1) is 52.2 Å². The molecule has 11 heteroatoms. The average molecular weight is 614 g/mol. The molecule has 1 unspecified atom stereocenters. The lowest BCUT2D eigenvalue weighted by Crippen LogP contribution is -2.76. The molecule has 4 aromatic rings. The Bertz CT molecular complexity index is 1630. The van der Waals surface area contributed by atoms with Crippen LogP contribution >= 0.6 is 35.0 Å². The minimum Gasteiger partial charge on any atom is -0.494 e.